The number of nitrogens with one attached hydrogen (secondary N) is 1. The van der Waals surface area contributed by atoms with E-state index in [0.29, 0.717) is 12.0 Å². The zero-order valence-electron chi connectivity index (χ0n) is 9.79. The summed E-state index contributed by atoms with van der Waals surface area (Å²) in [7, 11) is 0. The molecule has 0 bridgehead atoms. The van der Waals surface area contributed by atoms with Gasteiger partial charge in [0, 0.05) is 12.6 Å². The van der Waals surface area contributed by atoms with Crippen LogP contribution in [0.1, 0.15) is 46.5 Å². The van der Waals surface area contributed by atoms with Crippen LogP contribution in [0.25, 0.3) is 0 Å². The van der Waals surface area contributed by atoms with Crippen molar-refractivity contribution in [3.05, 3.63) is 0 Å². The smallest absolute Gasteiger partial charge is 0.0692 e. The molecule has 0 aromatic rings. The van der Waals surface area contributed by atoms with Gasteiger partial charge in [0.1, 0.15) is 0 Å². The standard InChI is InChI=1S/C12H25NO/c1-9(2)4-5-10(3)13-8-12(14)11-6-7-11/h9-14H,4-8H2,1-3H3. The number of aliphatic hydroxyl groups excluding tert-OH is 1. The second-order valence-electron chi connectivity index (χ2n) is 5.19. The van der Waals surface area contributed by atoms with E-state index in [0.717, 1.165) is 12.5 Å². The highest BCUT2D eigenvalue weighted by Gasteiger charge is 2.29. The molecule has 0 aliphatic heterocycles. The van der Waals surface area contributed by atoms with Crippen LogP contribution in [0.4, 0.5) is 0 Å². The fourth-order valence-corrected chi connectivity index (χ4v) is 1.65. The average molecular weight is 199 g/mol. The fourth-order valence-electron chi connectivity index (χ4n) is 1.65. The van der Waals surface area contributed by atoms with Gasteiger partial charge in [0.05, 0.1) is 6.10 Å². The van der Waals surface area contributed by atoms with Gasteiger partial charge >= 0.3 is 0 Å². The second-order valence-corrected chi connectivity index (χ2v) is 5.19. The number of hydrogen-bond donors (Lipinski definition) is 2. The van der Waals surface area contributed by atoms with Crippen LogP contribution in [0.3, 0.4) is 0 Å². The maximum absolute atomic E-state index is 9.65. The third kappa shape index (κ3) is 4.97. The lowest BCUT2D eigenvalue weighted by Crippen LogP contribution is -2.34. The van der Waals surface area contributed by atoms with Crippen molar-refractivity contribution in [1.82, 2.24) is 5.32 Å². The van der Waals surface area contributed by atoms with Crippen molar-refractivity contribution in [2.45, 2.75) is 58.6 Å². The molecule has 14 heavy (non-hydrogen) atoms. The lowest BCUT2D eigenvalue weighted by atomic mass is 10.0. The molecule has 84 valence electrons. The molecule has 2 N–H and O–H groups in total. The molecular formula is C12H25NO. The minimum atomic E-state index is -0.100. The molecule has 1 aliphatic rings. The number of hydrogen-bond acceptors (Lipinski definition) is 2. The predicted octanol–water partition coefficient (Wildman–Crippen LogP) is 2.17. The molecule has 0 heterocycles. The Morgan fingerprint density at radius 3 is 2.36 bits per heavy atom. The molecular weight excluding hydrogens is 174 g/mol. The van der Waals surface area contributed by atoms with Crippen LogP contribution in [0.5, 0.6) is 0 Å². The van der Waals surface area contributed by atoms with Crippen LogP contribution >= 0.6 is 0 Å². The summed E-state index contributed by atoms with van der Waals surface area (Å²) in [6.07, 6.45) is 4.84. The van der Waals surface area contributed by atoms with Gasteiger partial charge in [-0.25, -0.2) is 0 Å². The average Bonchev–Trinajstić information content (AvgIpc) is 2.93. The van der Waals surface area contributed by atoms with Crippen molar-refractivity contribution in [3.63, 3.8) is 0 Å². The first-order valence-corrected chi connectivity index (χ1v) is 6.01. The van der Waals surface area contributed by atoms with Gasteiger partial charge in [-0.15, -0.1) is 0 Å². The quantitative estimate of drug-likeness (QED) is 0.658. The molecule has 0 aromatic heterocycles. The SMILES string of the molecule is CC(C)CCC(C)NCC(O)C1CC1. The summed E-state index contributed by atoms with van der Waals surface area (Å²) in [5.74, 6) is 1.38. The lowest BCUT2D eigenvalue weighted by molar-refractivity contribution is 0.144. The molecule has 2 unspecified atom stereocenters. The Hall–Kier alpha value is -0.0800. The van der Waals surface area contributed by atoms with Crippen LogP contribution in [0.2, 0.25) is 0 Å². The normalized spacial score (nSPS) is 21.2. The van der Waals surface area contributed by atoms with E-state index in [1.807, 2.05) is 0 Å². The monoisotopic (exact) mass is 199 g/mol. The van der Waals surface area contributed by atoms with E-state index < -0.39 is 0 Å². The topological polar surface area (TPSA) is 32.3 Å². The maximum atomic E-state index is 9.65. The Labute approximate surface area is 88.1 Å². The van der Waals surface area contributed by atoms with E-state index >= 15 is 0 Å². The first kappa shape index (κ1) is 12.0. The molecule has 1 rings (SSSR count). The third-order valence-corrected chi connectivity index (χ3v) is 3.02. The van der Waals surface area contributed by atoms with Crippen molar-refractivity contribution in [1.29, 1.82) is 0 Å². The highest BCUT2D eigenvalue weighted by molar-refractivity contribution is 4.82. The largest absolute Gasteiger partial charge is 0.392 e. The summed E-state index contributed by atoms with van der Waals surface area (Å²) in [6.45, 7) is 7.50. The van der Waals surface area contributed by atoms with Crippen LogP contribution < -0.4 is 5.32 Å². The van der Waals surface area contributed by atoms with Gasteiger partial charge < -0.3 is 10.4 Å². The van der Waals surface area contributed by atoms with E-state index in [4.69, 9.17) is 0 Å². The van der Waals surface area contributed by atoms with Crippen LogP contribution in [0, 0.1) is 11.8 Å². The number of aliphatic hydroxyl groups is 1. The van der Waals surface area contributed by atoms with Gasteiger partial charge in [-0.1, -0.05) is 13.8 Å². The van der Waals surface area contributed by atoms with Crippen LogP contribution in [-0.4, -0.2) is 23.8 Å². The first-order chi connectivity index (χ1) is 6.59. The van der Waals surface area contributed by atoms with E-state index in [9.17, 15) is 5.11 Å². The van der Waals surface area contributed by atoms with E-state index in [-0.39, 0.29) is 6.10 Å². The molecule has 1 aliphatic carbocycles. The van der Waals surface area contributed by atoms with Crippen LogP contribution in [-0.2, 0) is 0 Å². The minimum absolute atomic E-state index is 0.100. The summed E-state index contributed by atoms with van der Waals surface area (Å²) >= 11 is 0. The highest BCUT2D eigenvalue weighted by atomic mass is 16.3. The molecule has 0 spiro atoms. The molecule has 0 radical (unpaired) electrons. The zero-order valence-corrected chi connectivity index (χ0v) is 9.79. The third-order valence-electron chi connectivity index (χ3n) is 3.02. The van der Waals surface area contributed by atoms with Crippen molar-refractivity contribution >= 4 is 0 Å². The van der Waals surface area contributed by atoms with Gasteiger partial charge in [-0.05, 0) is 44.4 Å². The van der Waals surface area contributed by atoms with Crippen molar-refractivity contribution in [2.75, 3.05) is 6.54 Å². The lowest BCUT2D eigenvalue weighted by Gasteiger charge is -2.17. The van der Waals surface area contributed by atoms with Gasteiger partial charge in [-0.2, -0.15) is 0 Å². The summed E-state index contributed by atoms with van der Waals surface area (Å²) in [4.78, 5) is 0. The Morgan fingerprint density at radius 1 is 1.21 bits per heavy atom. The zero-order chi connectivity index (χ0) is 10.6. The Bertz CT molecular complexity index is 154. The summed E-state index contributed by atoms with van der Waals surface area (Å²) in [5, 5.41) is 13.1. The molecule has 0 amide bonds. The molecule has 2 heteroatoms. The molecule has 2 nitrogen and oxygen atoms in total. The van der Waals surface area contributed by atoms with Gasteiger partial charge in [0.2, 0.25) is 0 Å². The van der Waals surface area contributed by atoms with Gasteiger partial charge in [0.15, 0.2) is 0 Å². The highest BCUT2D eigenvalue weighted by Crippen LogP contribution is 2.32. The number of rotatable bonds is 7. The first-order valence-electron chi connectivity index (χ1n) is 6.01. The van der Waals surface area contributed by atoms with E-state index in [1.165, 1.54) is 25.7 Å². The molecule has 0 aromatic carbocycles. The fraction of sp³-hybridized carbons (Fsp3) is 1.00. The maximum Gasteiger partial charge on any atom is 0.0692 e. The predicted molar refractivity (Wildman–Crippen MR) is 60.3 cm³/mol. The van der Waals surface area contributed by atoms with Crippen molar-refractivity contribution < 1.29 is 5.11 Å². The molecule has 2 atom stereocenters. The Morgan fingerprint density at radius 2 is 1.86 bits per heavy atom. The second kappa shape index (κ2) is 5.72. The Kier molecular flexibility index (Phi) is 4.90. The minimum Gasteiger partial charge on any atom is -0.392 e. The molecule has 1 fully saturated rings. The van der Waals surface area contributed by atoms with Crippen LogP contribution in [0.15, 0.2) is 0 Å². The molecule has 0 saturated heterocycles. The Balaban J connectivity index is 1.98. The van der Waals surface area contributed by atoms with E-state index in [1.54, 1.807) is 0 Å². The van der Waals surface area contributed by atoms with Gasteiger partial charge in [-0.3, -0.25) is 0 Å². The molecule has 1 saturated carbocycles. The van der Waals surface area contributed by atoms with Crippen molar-refractivity contribution in [2.24, 2.45) is 11.8 Å². The van der Waals surface area contributed by atoms with Gasteiger partial charge in [0.25, 0.3) is 0 Å². The summed E-state index contributed by atoms with van der Waals surface area (Å²) < 4.78 is 0. The van der Waals surface area contributed by atoms with Crippen molar-refractivity contribution in [3.8, 4) is 0 Å². The summed E-state index contributed by atoms with van der Waals surface area (Å²) in [5.41, 5.74) is 0. The van der Waals surface area contributed by atoms with E-state index in [2.05, 4.69) is 26.1 Å². The summed E-state index contributed by atoms with van der Waals surface area (Å²) in [6, 6.07) is 0.547.